The van der Waals surface area contributed by atoms with E-state index in [2.05, 4.69) is 4.90 Å². The summed E-state index contributed by atoms with van der Waals surface area (Å²) in [7, 11) is 0. The van der Waals surface area contributed by atoms with Crippen molar-refractivity contribution in [3.8, 4) is 0 Å². The van der Waals surface area contributed by atoms with Crippen molar-refractivity contribution >= 4 is 25.8 Å². The molecule has 0 aromatic heterocycles. The van der Waals surface area contributed by atoms with E-state index in [4.69, 9.17) is 0 Å². The Morgan fingerprint density at radius 1 is 1.38 bits per heavy atom. The van der Waals surface area contributed by atoms with Crippen molar-refractivity contribution in [1.82, 2.24) is 4.90 Å². The summed E-state index contributed by atoms with van der Waals surface area (Å²) in [4.78, 5) is 2.62. The predicted molar refractivity (Wildman–Crippen MR) is 33.8 cm³/mol. The molecule has 2 atom stereocenters. The van der Waals surface area contributed by atoms with Crippen LogP contribution in [0, 0.1) is 11.8 Å². The van der Waals surface area contributed by atoms with E-state index in [-0.39, 0.29) is 0 Å². The van der Waals surface area contributed by atoms with Crippen LogP contribution in [0.1, 0.15) is 6.42 Å². The minimum absolute atomic E-state index is 1.14. The Labute approximate surface area is 66.1 Å². The normalized spacial score (nSPS) is 44.6. The molecule has 43 valence electrons. The Hall–Kier alpha value is 0.882. The summed E-state index contributed by atoms with van der Waals surface area (Å²) < 4.78 is 1.41. The number of hydrogen-bond donors (Lipinski definition) is 0. The molecule has 2 unspecified atom stereocenters. The minimum atomic E-state index is 1.14. The Morgan fingerprint density at radius 2 is 2.00 bits per heavy atom. The molecule has 0 aromatic rings. The van der Waals surface area contributed by atoms with Gasteiger partial charge in [-0.1, -0.05) is 0 Å². The summed E-state index contributed by atoms with van der Waals surface area (Å²) in [6.45, 7) is 2.88. The first-order chi connectivity index (χ1) is 3.90. The van der Waals surface area contributed by atoms with Gasteiger partial charge in [0.1, 0.15) is 0 Å². The Kier molecular flexibility index (Phi) is 1.37. The first-order valence-electron chi connectivity index (χ1n) is 3.27. The zero-order chi connectivity index (χ0) is 5.56. The van der Waals surface area contributed by atoms with Crippen molar-refractivity contribution in [1.29, 1.82) is 0 Å². The Morgan fingerprint density at radius 3 is 2.38 bits per heavy atom. The third-order valence-corrected chi connectivity index (χ3v) is 4.02. The van der Waals surface area contributed by atoms with E-state index >= 15 is 0 Å². The number of rotatable bonds is 1. The first-order valence-corrected chi connectivity index (χ1v) is 6.02. The fourth-order valence-corrected chi connectivity index (χ4v) is 2.63. The van der Waals surface area contributed by atoms with Crippen molar-refractivity contribution in [2.75, 3.05) is 17.2 Å². The third-order valence-electron chi connectivity index (χ3n) is 2.28. The van der Waals surface area contributed by atoms with Gasteiger partial charge < -0.3 is 0 Å². The first kappa shape index (κ1) is 5.65. The zero-order valence-electron chi connectivity index (χ0n) is 4.93. The van der Waals surface area contributed by atoms with Gasteiger partial charge in [-0.15, -0.1) is 0 Å². The molecule has 8 heavy (non-hydrogen) atoms. The molecule has 0 amide bonds. The maximum absolute atomic E-state index is 2.62. The van der Waals surface area contributed by atoms with Gasteiger partial charge in [0.25, 0.3) is 0 Å². The Bertz CT molecular complexity index is 94.7. The number of nitrogens with zero attached hydrogens (tertiary/aromatic N) is 1. The SMILES string of the molecule is [Pb][CH2]N1CC2CC2C1. The van der Waals surface area contributed by atoms with Gasteiger partial charge >= 0.3 is 66.1 Å². The summed E-state index contributed by atoms with van der Waals surface area (Å²) in [5, 5.41) is 0. The van der Waals surface area contributed by atoms with Crippen LogP contribution in [0.3, 0.4) is 0 Å². The van der Waals surface area contributed by atoms with Gasteiger partial charge in [-0.05, 0) is 0 Å². The molecular formula is C6H10NPb. The summed E-state index contributed by atoms with van der Waals surface area (Å²) in [6, 6.07) is 0. The average Bonchev–Trinajstić information content (AvgIpc) is 2.40. The number of likely N-dealkylation sites (tertiary alicyclic amines) is 1. The van der Waals surface area contributed by atoms with Gasteiger partial charge in [0.15, 0.2) is 0 Å². The van der Waals surface area contributed by atoms with Crippen molar-refractivity contribution in [2.45, 2.75) is 6.42 Å². The van der Waals surface area contributed by atoms with Crippen LogP contribution in [0.25, 0.3) is 0 Å². The molecule has 2 aliphatic rings. The van der Waals surface area contributed by atoms with Gasteiger partial charge in [0, 0.05) is 0 Å². The molecule has 0 spiro atoms. The summed E-state index contributed by atoms with van der Waals surface area (Å²) in [5.41, 5.74) is 0. The van der Waals surface area contributed by atoms with E-state index in [0.717, 1.165) is 11.8 Å². The van der Waals surface area contributed by atoms with Gasteiger partial charge in [0.05, 0.1) is 0 Å². The van der Waals surface area contributed by atoms with Gasteiger partial charge in [0.2, 0.25) is 0 Å². The van der Waals surface area contributed by atoms with Crippen LogP contribution >= 0.6 is 0 Å². The molecule has 1 saturated carbocycles. The fraction of sp³-hybridized carbons (Fsp3) is 1.00. The van der Waals surface area contributed by atoms with E-state index in [1.54, 1.807) is 6.42 Å². The van der Waals surface area contributed by atoms with E-state index in [1.165, 1.54) is 43.0 Å². The second-order valence-electron chi connectivity index (χ2n) is 2.95. The van der Waals surface area contributed by atoms with Crippen LogP contribution in [-0.4, -0.2) is 47.9 Å². The average molecular weight is 303 g/mol. The van der Waals surface area contributed by atoms with E-state index < -0.39 is 0 Å². The number of piperidine rings is 1. The third kappa shape index (κ3) is 0.835. The van der Waals surface area contributed by atoms with Crippen LogP contribution in [-0.2, 0) is 0 Å². The fourth-order valence-electron chi connectivity index (χ4n) is 1.62. The molecular weight excluding hydrogens is 293 g/mol. The molecule has 2 rings (SSSR count). The van der Waals surface area contributed by atoms with Crippen LogP contribution in [0.5, 0.6) is 0 Å². The van der Waals surface area contributed by atoms with E-state index in [1.807, 2.05) is 0 Å². The molecule has 1 heterocycles. The molecule has 0 bridgehead atoms. The van der Waals surface area contributed by atoms with Crippen molar-refractivity contribution in [3.05, 3.63) is 0 Å². The summed E-state index contributed by atoms with van der Waals surface area (Å²) >= 11 is 1.37. The second-order valence-corrected chi connectivity index (χ2v) is 4.18. The predicted octanol–water partition coefficient (Wildman–Crippen LogP) is 0.0641. The molecule has 2 fully saturated rings. The van der Waals surface area contributed by atoms with Crippen LogP contribution in [0.15, 0.2) is 0 Å². The quantitative estimate of drug-likeness (QED) is 0.620. The molecule has 1 aliphatic heterocycles. The second kappa shape index (κ2) is 1.94. The monoisotopic (exact) mass is 304 g/mol. The van der Waals surface area contributed by atoms with E-state index in [9.17, 15) is 0 Å². The van der Waals surface area contributed by atoms with Gasteiger partial charge in [-0.2, -0.15) is 0 Å². The van der Waals surface area contributed by atoms with Gasteiger partial charge in [-0.3, -0.25) is 0 Å². The topological polar surface area (TPSA) is 3.24 Å². The summed E-state index contributed by atoms with van der Waals surface area (Å²) in [6.07, 6.45) is 1.55. The van der Waals surface area contributed by atoms with E-state index in [0.29, 0.717) is 0 Å². The molecule has 1 saturated heterocycles. The van der Waals surface area contributed by atoms with Gasteiger partial charge in [-0.25, -0.2) is 0 Å². The standard InChI is InChI=1S/C6H10N.Pb/c1-7-3-5-2-6(5)4-7;/h5-6H,1-4H2;. The molecule has 1 nitrogen and oxygen atoms in total. The molecule has 0 N–H and O–H groups in total. The molecule has 1 aliphatic carbocycles. The van der Waals surface area contributed by atoms with Crippen LogP contribution in [0.4, 0.5) is 0 Å². The van der Waals surface area contributed by atoms with Crippen molar-refractivity contribution in [3.63, 3.8) is 0 Å². The summed E-state index contributed by atoms with van der Waals surface area (Å²) in [5.74, 6) is 2.29. The molecule has 2 heteroatoms. The molecule has 3 radical (unpaired) electrons. The number of hydrogen-bond acceptors (Lipinski definition) is 1. The number of fused-ring (bicyclic) bond motifs is 1. The van der Waals surface area contributed by atoms with Crippen molar-refractivity contribution < 1.29 is 0 Å². The van der Waals surface area contributed by atoms with Crippen LogP contribution in [0.2, 0.25) is 0 Å². The van der Waals surface area contributed by atoms with Crippen molar-refractivity contribution in [2.24, 2.45) is 11.8 Å². The Balaban J connectivity index is 1.89. The van der Waals surface area contributed by atoms with Crippen LogP contribution < -0.4 is 0 Å². The zero-order valence-corrected chi connectivity index (χ0v) is 8.82. The molecule has 0 aromatic carbocycles. The maximum atomic E-state index is 2.62.